The van der Waals surface area contributed by atoms with Crippen molar-refractivity contribution in [2.75, 3.05) is 6.61 Å². The molecule has 0 N–H and O–H groups in total. The van der Waals surface area contributed by atoms with Gasteiger partial charge in [-0.2, -0.15) is 0 Å². The van der Waals surface area contributed by atoms with Crippen LogP contribution < -0.4 is 9.47 Å². The predicted molar refractivity (Wildman–Crippen MR) is 160 cm³/mol. The zero-order valence-corrected chi connectivity index (χ0v) is 23.9. The monoisotopic (exact) mass is 554 g/mol. The van der Waals surface area contributed by atoms with E-state index in [1.165, 1.54) is 43.5 Å². The highest BCUT2D eigenvalue weighted by Gasteiger charge is 2.22. The van der Waals surface area contributed by atoms with Crippen molar-refractivity contribution in [3.05, 3.63) is 83.9 Å². The summed E-state index contributed by atoms with van der Waals surface area (Å²) in [5.74, 6) is 1.44. The van der Waals surface area contributed by atoms with Gasteiger partial charge in [-0.05, 0) is 84.8 Å². The molecule has 3 aromatic carbocycles. The number of ketones is 1. The SMILES string of the molecule is C#CC(=O)C(CCCCC)OC(=O)c1ccc(OC(=O)c2ccc(-c3ccc(OCCCCCC)cc3)cc2)cc1. The minimum absolute atomic E-state index is 0.229. The maximum Gasteiger partial charge on any atom is 0.343 e. The zero-order valence-electron chi connectivity index (χ0n) is 23.9. The van der Waals surface area contributed by atoms with Gasteiger partial charge in [0.05, 0.1) is 17.7 Å². The minimum Gasteiger partial charge on any atom is -0.494 e. The third-order valence-corrected chi connectivity index (χ3v) is 6.63. The maximum atomic E-state index is 12.7. The van der Waals surface area contributed by atoms with E-state index in [2.05, 4.69) is 6.92 Å². The van der Waals surface area contributed by atoms with E-state index in [1.807, 2.05) is 49.2 Å². The molecule has 0 heterocycles. The highest BCUT2D eigenvalue weighted by atomic mass is 16.5. The first kappa shape index (κ1) is 31.2. The van der Waals surface area contributed by atoms with Crippen LogP contribution in [0.15, 0.2) is 72.8 Å². The van der Waals surface area contributed by atoms with Gasteiger partial charge < -0.3 is 14.2 Å². The van der Waals surface area contributed by atoms with E-state index in [4.69, 9.17) is 20.6 Å². The number of hydrogen-bond acceptors (Lipinski definition) is 6. The lowest BCUT2D eigenvalue weighted by atomic mass is 10.0. The second-order valence-corrected chi connectivity index (χ2v) is 9.82. The topological polar surface area (TPSA) is 78.9 Å². The fourth-order valence-electron chi connectivity index (χ4n) is 4.20. The number of terminal acetylenes is 1. The Morgan fingerprint density at radius 2 is 1.22 bits per heavy atom. The van der Waals surface area contributed by atoms with E-state index >= 15 is 0 Å². The Morgan fingerprint density at radius 3 is 1.83 bits per heavy atom. The molecule has 0 fully saturated rings. The molecule has 41 heavy (non-hydrogen) atoms. The van der Waals surface area contributed by atoms with Crippen molar-refractivity contribution in [2.45, 2.75) is 71.3 Å². The van der Waals surface area contributed by atoms with Crippen LogP contribution in [0.25, 0.3) is 11.1 Å². The van der Waals surface area contributed by atoms with Crippen molar-refractivity contribution in [2.24, 2.45) is 0 Å². The molecular formula is C35H38O6. The van der Waals surface area contributed by atoms with Crippen molar-refractivity contribution in [3.8, 4) is 35.0 Å². The van der Waals surface area contributed by atoms with Crippen LogP contribution in [0.4, 0.5) is 0 Å². The molecular weight excluding hydrogens is 516 g/mol. The first-order valence-electron chi connectivity index (χ1n) is 14.3. The summed E-state index contributed by atoms with van der Waals surface area (Å²) in [6.07, 6.45) is 11.9. The third-order valence-electron chi connectivity index (χ3n) is 6.63. The van der Waals surface area contributed by atoms with Crippen molar-refractivity contribution < 1.29 is 28.6 Å². The van der Waals surface area contributed by atoms with Crippen molar-refractivity contribution in [1.29, 1.82) is 0 Å². The van der Waals surface area contributed by atoms with Gasteiger partial charge in [-0.1, -0.05) is 70.2 Å². The fraction of sp³-hybridized carbons (Fsp3) is 0.343. The first-order valence-corrected chi connectivity index (χ1v) is 14.3. The van der Waals surface area contributed by atoms with Crippen LogP contribution in [0, 0.1) is 12.3 Å². The van der Waals surface area contributed by atoms with Gasteiger partial charge in [-0.15, -0.1) is 6.42 Å². The molecule has 3 rings (SSSR count). The minimum atomic E-state index is -0.967. The Kier molecular flexibility index (Phi) is 12.7. The van der Waals surface area contributed by atoms with Gasteiger partial charge in [0, 0.05) is 0 Å². The molecule has 0 saturated carbocycles. The second-order valence-electron chi connectivity index (χ2n) is 9.82. The van der Waals surface area contributed by atoms with Gasteiger partial charge in [-0.25, -0.2) is 9.59 Å². The zero-order chi connectivity index (χ0) is 29.5. The Bertz CT molecular complexity index is 1300. The van der Waals surface area contributed by atoms with E-state index in [-0.39, 0.29) is 11.3 Å². The average Bonchev–Trinajstić information content (AvgIpc) is 3.01. The first-order chi connectivity index (χ1) is 19.9. The number of benzene rings is 3. The lowest BCUT2D eigenvalue weighted by Crippen LogP contribution is -2.26. The summed E-state index contributed by atoms with van der Waals surface area (Å²) in [6, 6.07) is 21.0. The third kappa shape index (κ3) is 9.95. The summed E-state index contributed by atoms with van der Waals surface area (Å²) < 4.78 is 16.6. The second kappa shape index (κ2) is 16.7. The van der Waals surface area contributed by atoms with Gasteiger partial charge >= 0.3 is 11.9 Å². The van der Waals surface area contributed by atoms with Gasteiger partial charge in [0.25, 0.3) is 0 Å². The van der Waals surface area contributed by atoms with E-state index in [0.29, 0.717) is 12.0 Å². The molecule has 0 amide bonds. The maximum absolute atomic E-state index is 12.7. The molecule has 0 aliphatic heterocycles. The number of esters is 2. The summed E-state index contributed by atoms with van der Waals surface area (Å²) in [5, 5.41) is 0. The van der Waals surface area contributed by atoms with Crippen molar-refractivity contribution in [3.63, 3.8) is 0 Å². The molecule has 1 atom stereocenters. The van der Waals surface area contributed by atoms with Crippen LogP contribution in [0.5, 0.6) is 11.5 Å². The number of hydrogen-bond donors (Lipinski definition) is 0. The number of rotatable bonds is 16. The summed E-state index contributed by atoms with van der Waals surface area (Å²) in [7, 11) is 0. The molecule has 0 spiro atoms. The molecule has 1 unspecified atom stereocenters. The van der Waals surface area contributed by atoms with Crippen LogP contribution in [-0.2, 0) is 9.53 Å². The van der Waals surface area contributed by atoms with E-state index in [0.717, 1.165) is 49.2 Å². The highest BCUT2D eigenvalue weighted by molar-refractivity contribution is 6.01. The Labute approximate surface area is 243 Å². The number of carbonyl (C=O) groups is 3. The molecule has 214 valence electrons. The molecule has 6 nitrogen and oxygen atoms in total. The molecule has 0 aliphatic carbocycles. The summed E-state index contributed by atoms with van der Waals surface area (Å²) in [6.45, 7) is 4.95. The van der Waals surface area contributed by atoms with Crippen LogP contribution >= 0.6 is 0 Å². The van der Waals surface area contributed by atoms with Crippen LogP contribution in [-0.4, -0.2) is 30.4 Å². The van der Waals surface area contributed by atoms with Crippen molar-refractivity contribution in [1.82, 2.24) is 0 Å². The van der Waals surface area contributed by atoms with Gasteiger partial charge in [-0.3, -0.25) is 4.79 Å². The normalized spacial score (nSPS) is 11.2. The van der Waals surface area contributed by atoms with Gasteiger partial charge in [0.1, 0.15) is 11.5 Å². The fourth-order valence-corrected chi connectivity index (χ4v) is 4.20. The Balaban J connectivity index is 1.53. The number of Topliss-reactive ketones (excluding diaryl/α,β-unsaturated/α-hetero) is 1. The highest BCUT2D eigenvalue weighted by Crippen LogP contribution is 2.24. The molecule has 6 heteroatoms. The van der Waals surface area contributed by atoms with E-state index in [1.54, 1.807) is 12.1 Å². The Morgan fingerprint density at radius 1 is 0.683 bits per heavy atom. The van der Waals surface area contributed by atoms with Crippen molar-refractivity contribution >= 4 is 17.7 Å². The number of unbranched alkanes of at least 4 members (excludes halogenated alkanes) is 5. The molecule has 0 aliphatic rings. The summed E-state index contributed by atoms with van der Waals surface area (Å²) in [4.78, 5) is 37.2. The largest absolute Gasteiger partial charge is 0.494 e. The number of carbonyl (C=O) groups excluding carboxylic acids is 3. The number of ether oxygens (including phenoxy) is 3. The quantitative estimate of drug-likeness (QED) is 0.0590. The standard InChI is InChI=1S/C35H38O6/c1-4-7-9-11-25-39-30-21-17-27(18-22-30)26-13-15-28(16-14-26)34(37)40-31-23-19-29(20-24-31)35(38)41-33(32(36)6-3)12-10-8-5-2/h3,13-24,33H,4-5,7-12,25H2,1-2H3. The summed E-state index contributed by atoms with van der Waals surface area (Å²) >= 11 is 0. The molecule has 0 bridgehead atoms. The van der Waals surface area contributed by atoms with E-state index in [9.17, 15) is 14.4 Å². The summed E-state index contributed by atoms with van der Waals surface area (Å²) in [5.41, 5.74) is 2.61. The molecule has 0 radical (unpaired) electrons. The average molecular weight is 555 g/mol. The Hall–Kier alpha value is -4.37. The lowest BCUT2D eigenvalue weighted by Gasteiger charge is -2.14. The predicted octanol–water partition coefficient (Wildman–Crippen LogP) is 7.84. The van der Waals surface area contributed by atoms with Gasteiger partial charge in [0.2, 0.25) is 5.78 Å². The van der Waals surface area contributed by atoms with Crippen LogP contribution in [0.1, 0.15) is 85.9 Å². The van der Waals surface area contributed by atoms with E-state index < -0.39 is 23.8 Å². The van der Waals surface area contributed by atoms with Crippen LogP contribution in [0.2, 0.25) is 0 Å². The molecule has 0 aromatic heterocycles. The van der Waals surface area contributed by atoms with Crippen LogP contribution in [0.3, 0.4) is 0 Å². The van der Waals surface area contributed by atoms with Gasteiger partial charge in [0.15, 0.2) is 6.10 Å². The molecule has 0 saturated heterocycles. The molecule has 3 aromatic rings. The smallest absolute Gasteiger partial charge is 0.343 e. The lowest BCUT2D eigenvalue weighted by molar-refractivity contribution is -0.122.